The van der Waals surface area contributed by atoms with Crippen molar-refractivity contribution in [3.8, 4) is 0 Å². The molecule has 75 heavy (non-hydrogen) atoms. The molecule has 6 heterocycles. The fourth-order valence-corrected chi connectivity index (χ4v) is 7.75. The number of anilines is 6. The molecular weight excluding hydrogens is 973 g/mol. The van der Waals surface area contributed by atoms with Crippen LogP contribution in [0.25, 0.3) is 0 Å². The van der Waals surface area contributed by atoms with Gasteiger partial charge in [-0.05, 0) is 30.7 Å². The normalized spacial score (nSPS) is 11.0. The number of rotatable bonds is 23. The van der Waals surface area contributed by atoms with E-state index in [0.29, 0.717) is 29.3 Å². The van der Waals surface area contributed by atoms with Gasteiger partial charge in [-0.25, -0.2) is 9.97 Å². The van der Waals surface area contributed by atoms with E-state index in [1.165, 1.54) is 71.3 Å². The van der Waals surface area contributed by atoms with Crippen molar-refractivity contribution in [2.24, 2.45) is 42.3 Å². The van der Waals surface area contributed by atoms with Crippen LogP contribution in [-0.4, -0.2) is 131 Å². The molecule has 6 aromatic rings. The Bertz CT molecular complexity index is 3140. The molecule has 0 atom stereocenters. The van der Waals surface area contributed by atoms with E-state index >= 15 is 0 Å². The zero-order chi connectivity index (χ0) is 54.7. The first-order valence-electron chi connectivity index (χ1n) is 23.7. The maximum Gasteiger partial charge on any atom is 0.292 e. The van der Waals surface area contributed by atoms with Crippen LogP contribution in [0.4, 0.5) is 34.4 Å². The average molecular weight is 1040 g/mol. The first kappa shape index (κ1) is 55.1. The summed E-state index contributed by atoms with van der Waals surface area (Å²) in [6, 6.07) is 6.02. The van der Waals surface area contributed by atoms with Crippen molar-refractivity contribution in [2.45, 2.75) is 32.6 Å². The van der Waals surface area contributed by atoms with Crippen molar-refractivity contribution in [1.29, 1.82) is 0 Å². The lowest BCUT2D eigenvalue weighted by atomic mass is 10.3. The number of aryl methyl sites for hydroxylation is 6. The smallest absolute Gasteiger partial charge is 0.292 e. The summed E-state index contributed by atoms with van der Waals surface area (Å²) in [7, 11) is 13.8. The minimum atomic E-state index is -0.671. The second-order valence-corrected chi connectivity index (χ2v) is 18.1. The van der Waals surface area contributed by atoms with E-state index < -0.39 is 41.4 Å². The number of aromatic nitrogens is 8. The fourth-order valence-electron chi connectivity index (χ4n) is 7.75. The molecular formula is C48H63N18O9+. The van der Waals surface area contributed by atoms with Crippen molar-refractivity contribution in [1.82, 2.24) is 53.3 Å². The molecule has 0 aromatic carbocycles. The molecule has 10 N–H and O–H groups in total. The van der Waals surface area contributed by atoms with Gasteiger partial charge in [0.15, 0.2) is 11.6 Å². The number of amides is 9. The van der Waals surface area contributed by atoms with E-state index in [4.69, 9.17) is 0 Å². The highest BCUT2D eigenvalue weighted by atomic mass is 16.2. The Morgan fingerprint density at radius 2 is 0.827 bits per heavy atom. The summed E-state index contributed by atoms with van der Waals surface area (Å²) < 4.78 is 8.99. The molecule has 0 unspecified atom stereocenters. The van der Waals surface area contributed by atoms with Crippen molar-refractivity contribution in [2.75, 3.05) is 72.2 Å². The zero-order valence-corrected chi connectivity index (χ0v) is 43.2. The number of hydrogen-bond donors (Lipinski definition) is 10. The first-order valence-corrected chi connectivity index (χ1v) is 23.7. The third-order valence-corrected chi connectivity index (χ3v) is 11.4. The summed E-state index contributed by atoms with van der Waals surface area (Å²) in [6.07, 6.45) is 10.4. The van der Waals surface area contributed by atoms with Gasteiger partial charge >= 0.3 is 0 Å². The van der Waals surface area contributed by atoms with E-state index in [1.54, 1.807) is 71.6 Å². The van der Waals surface area contributed by atoms with Crippen LogP contribution in [0.3, 0.4) is 0 Å². The maximum atomic E-state index is 13.3. The van der Waals surface area contributed by atoms with Crippen molar-refractivity contribution < 1.29 is 48.1 Å². The van der Waals surface area contributed by atoms with Gasteiger partial charge in [0, 0.05) is 125 Å². The topological polar surface area (TPSA) is 322 Å². The van der Waals surface area contributed by atoms with Crippen LogP contribution in [0.2, 0.25) is 0 Å². The summed E-state index contributed by atoms with van der Waals surface area (Å²) >= 11 is 0. The lowest BCUT2D eigenvalue weighted by Gasteiger charge is -2.09. The largest absolute Gasteiger partial charge is 0.356 e. The molecule has 6 aromatic heterocycles. The predicted octanol–water partition coefficient (Wildman–Crippen LogP) is 0.395. The summed E-state index contributed by atoms with van der Waals surface area (Å²) in [5, 5.41) is 24.4. The van der Waals surface area contributed by atoms with Gasteiger partial charge < -0.3 is 80.2 Å². The molecule has 0 radical (unpaired) electrons. The lowest BCUT2D eigenvalue weighted by Crippen LogP contribution is -3.05. The molecule has 0 saturated carbocycles. The summed E-state index contributed by atoms with van der Waals surface area (Å²) in [6.45, 7) is 3.13. The molecule has 0 aliphatic rings. The monoisotopic (exact) mass is 1040 g/mol. The molecule has 0 aliphatic carbocycles. The highest BCUT2D eigenvalue weighted by Crippen LogP contribution is 2.21. The summed E-state index contributed by atoms with van der Waals surface area (Å²) in [4.78, 5) is 125. The molecule has 27 nitrogen and oxygen atoms in total. The highest BCUT2D eigenvalue weighted by Gasteiger charge is 2.23. The van der Waals surface area contributed by atoms with Crippen LogP contribution in [-0.2, 0) is 56.7 Å². The number of nitrogens with one attached hydrogen (secondary N) is 10. The quantitative estimate of drug-likeness (QED) is 0.0392. The Kier molecular flexibility index (Phi) is 17.9. The lowest BCUT2D eigenvalue weighted by molar-refractivity contribution is -0.858. The number of carbonyl (C=O) groups excluding carboxylic acids is 9. The van der Waals surface area contributed by atoms with Gasteiger partial charge in [0.05, 0.1) is 43.4 Å². The first-order chi connectivity index (χ1) is 35.5. The number of hydrogen-bond acceptors (Lipinski definition) is 11. The number of quaternary nitrogens is 1. The molecule has 0 fully saturated rings. The second-order valence-electron chi connectivity index (χ2n) is 18.1. The highest BCUT2D eigenvalue weighted by molar-refractivity contribution is 6.08. The zero-order valence-electron chi connectivity index (χ0n) is 43.2. The number of nitrogens with zero attached hydrogens (tertiary/aromatic N) is 8. The van der Waals surface area contributed by atoms with Gasteiger partial charge in [-0.15, -0.1) is 0 Å². The van der Waals surface area contributed by atoms with E-state index in [1.807, 2.05) is 14.1 Å². The van der Waals surface area contributed by atoms with Gasteiger partial charge in [0.25, 0.3) is 35.4 Å². The van der Waals surface area contributed by atoms with Crippen LogP contribution >= 0.6 is 0 Å². The summed E-state index contributed by atoms with van der Waals surface area (Å²) in [5.74, 6) is -3.92. The minimum Gasteiger partial charge on any atom is -0.356 e. The minimum absolute atomic E-state index is 0.00392. The van der Waals surface area contributed by atoms with Crippen LogP contribution in [0.1, 0.15) is 95.8 Å². The van der Waals surface area contributed by atoms with Gasteiger partial charge in [0.2, 0.25) is 29.4 Å². The molecule has 0 saturated heterocycles. The molecule has 27 heteroatoms. The Morgan fingerprint density at radius 3 is 1.29 bits per heavy atom. The van der Waals surface area contributed by atoms with Crippen LogP contribution in [0.5, 0.6) is 0 Å². The van der Waals surface area contributed by atoms with E-state index in [9.17, 15) is 43.2 Å². The number of imidazole rings is 2. The van der Waals surface area contributed by atoms with Gasteiger partial charge in [0.1, 0.15) is 22.8 Å². The van der Waals surface area contributed by atoms with E-state index in [-0.39, 0.29) is 90.2 Å². The Morgan fingerprint density at radius 1 is 0.427 bits per heavy atom. The van der Waals surface area contributed by atoms with Crippen LogP contribution in [0.15, 0.2) is 61.4 Å². The molecule has 0 spiro atoms. The Hall–Kier alpha value is -9.27. The van der Waals surface area contributed by atoms with Crippen molar-refractivity contribution in [3.05, 3.63) is 95.9 Å². The third kappa shape index (κ3) is 14.9. The molecule has 6 rings (SSSR count). The van der Waals surface area contributed by atoms with Gasteiger partial charge in [-0.1, -0.05) is 0 Å². The predicted molar refractivity (Wildman–Crippen MR) is 277 cm³/mol. The molecule has 0 bridgehead atoms. The van der Waals surface area contributed by atoms with Crippen LogP contribution < -0.4 is 52.8 Å². The molecule has 398 valence electrons. The van der Waals surface area contributed by atoms with E-state index in [0.717, 1.165) is 13.0 Å². The molecule has 0 aliphatic heterocycles. The van der Waals surface area contributed by atoms with Crippen molar-refractivity contribution in [3.63, 3.8) is 0 Å². The Balaban J connectivity index is 0.917. The van der Waals surface area contributed by atoms with Gasteiger partial charge in [-0.2, -0.15) is 0 Å². The number of carbonyl (C=O) groups is 9. The average Bonchev–Trinajstić information content (AvgIpc) is 4.19. The molecule has 9 amide bonds. The van der Waals surface area contributed by atoms with Gasteiger partial charge in [-0.3, -0.25) is 43.2 Å². The maximum absolute atomic E-state index is 13.3. The Labute approximate surface area is 430 Å². The summed E-state index contributed by atoms with van der Waals surface area (Å²) in [5.41, 5.74) is 2.50. The second kappa shape index (κ2) is 24.4. The fraction of sp³-hybridized carbons (Fsp3) is 0.354. The van der Waals surface area contributed by atoms with E-state index in [2.05, 4.69) is 57.8 Å². The van der Waals surface area contributed by atoms with Crippen molar-refractivity contribution >= 4 is 87.5 Å². The SMILES string of the molecule is CC(=O)Nc1cc(C(=O)Nc2cc(C(=O)Nc3cc(C(=O)NCCCC(=O)Nc4cn(C)c(C(=O)Nc5cn(C)c(C(=O)Nc6cc(C(=O)NCCC(=O)NCCC[NH+](C)C)n(C)c6)n5)n4)n(C)c3)n(C)c2)n(C)c1. The standard InChI is InChI=1S/C48H62N18O9/c1-28(67)52-29-18-35(63(6)22-29)45(72)54-31-21-36(64(7)24-31)46(73)53-30-19-33(61(4)23-30)43(70)50-14-10-12-40(69)56-37-26-65(8)42(57-37)48(75)59-38-27-66(9)41(58-38)47(74)55-32-20-34(62(5)25-32)44(71)51-16-13-39(68)49-15-11-17-60(2)3/h18-27H,10-17H2,1-9H3,(H,49,68)(H,50,70)(H,51,71)(H,52,67)(H,53,73)(H,54,72)(H,55,74)(H,56,69)(H,59,75)/p+1. The third-order valence-electron chi connectivity index (χ3n) is 11.4. The van der Waals surface area contributed by atoms with Crippen LogP contribution in [0, 0.1) is 0 Å².